The first-order valence-electron chi connectivity index (χ1n) is 5.90. The van der Waals surface area contributed by atoms with Gasteiger partial charge in [0, 0.05) is 11.8 Å². The van der Waals surface area contributed by atoms with Gasteiger partial charge in [-0.25, -0.2) is 8.78 Å². The van der Waals surface area contributed by atoms with Gasteiger partial charge in [-0.3, -0.25) is 5.10 Å². The van der Waals surface area contributed by atoms with E-state index in [1.807, 2.05) is 0 Å². The zero-order valence-corrected chi connectivity index (χ0v) is 11.1. The zero-order valence-electron chi connectivity index (χ0n) is 10.3. The molecule has 0 atom stereocenters. The molecule has 0 unspecified atom stereocenters. The van der Waals surface area contributed by atoms with Gasteiger partial charge < -0.3 is 0 Å². The highest BCUT2D eigenvalue weighted by atomic mass is 32.1. The second-order valence-corrected chi connectivity index (χ2v) is 5.18. The van der Waals surface area contributed by atoms with Gasteiger partial charge in [0.2, 0.25) is 4.96 Å². The Morgan fingerprint density at radius 1 is 1.10 bits per heavy atom. The number of nitrogens with one attached hydrogen (secondary N) is 1. The van der Waals surface area contributed by atoms with Crippen molar-refractivity contribution < 1.29 is 8.78 Å². The average molecular weight is 304 g/mol. The summed E-state index contributed by atoms with van der Waals surface area (Å²) in [7, 11) is 0. The maximum Gasteiger partial charge on any atom is 0.235 e. The standard InChI is InChI=1S/C12H6F2N6S/c13-7-2-1-6(5-8(7)14)10-17-18-12-20(10)19-11(21-12)9-3-4-15-16-9/h1-5H,(H,15,16). The fraction of sp³-hybridized carbons (Fsp3) is 0. The molecule has 0 amide bonds. The molecule has 3 heterocycles. The smallest absolute Gasteiger partial charge is 0.235 e. The molecule has 0 spiro atoms. The lowest BCUT2D eigenvalue weighted by Gasteiger charge is -1.98. The third-order valence-electron chi connectivity index (χ3n) is 2.90. The largest absolute Gasteiger partial charge is 0.275 e. The van der Waals surface area contributed by atoms with Crippen molar-refractivity contribution in [2.24, 2.45) is 0 Å². The van der Waals surface area contributed by atoms with E-state index < -0.39 is 11.6 Å². The van der Waals surface area contributed by atoms with Gasteiger partial charge in [-0.15, -0.1) is 10.2 Å². The number of hydrogen-bond acceptors (Lipinski definition) is 5. The van der Waals surface area contributed by atoms with E-state index >= 15 is 0 Å². The lowest BCUT2D eigenvalue weighted by molar-refractivity contribution is 0.509. The third kappa shape index (κ3) is 1.89. The summed E-state index contributed by atoms with van der Waals surface area (Å²) < 4.78 is 27.8. The minimum atomic E-state index is -0.937. The molecule has 4 rings (SSSR count). The molecule has 3 aromatic heterocycles. The quantitative estimate of drug-likeness (QED) is 0.617. The van der Waals surface area contributed by atoms with Gasteiger partial charge in [-0.2, -0.15) is 14.7 Å². The van der Waals surface area contributed by atoms with Crippen LogP contribution in [0.4, 0.5) is 8.78 Å². The van der Waals surface area contributed by atoms with Crippen LogP contribution in [-0.2, 0) is 0 Å². The Balaban J connectivity index is 1.87. The molecule has 104 valence electrons. The fourth-order valence-corrected chi connectivity index (χ4v) is 2.73. The number of halogens is 2. The molecule has 0 aliphatic carbocycles. The van der Waals surface area contributed by atoms with Crippen LogP contribution < -0.4 is 0 Å². The molecular formula is C12H6F2N6S. The van der Waals surface area contributed by atoms with Crippen molar-refractivity contribution in [3.63, 3.8) is 0 Å². The average Bonchev–Trinajstić information content (AvgIpc) is 3.15. The minimum Gasteiger partial charge on any atom is -0.275 e. The summed E-state index contributed by atoms with van der Waals surface area (Å²) in [6.07, 6.45) is 1.62. The van der Waals surface area contributed by atoms with Crippen LogP contribution in [0.25, 0.3) is 27.1 Å². The van der Waals surface area contributed by atoms with Crippen LogP contribution in [0, 0.1) is 11.6 Å². The molecule has 6 nitrogen and oxygen atoms in total. The van der Waals surface area contributed by atoms with Crippen molar-refractivity contribution in [1.82, 2.24) is 30.0 Å². The predicted octanol–water partition coefficient (Wildman–Crippen LogP) is 2.52. The second-order valence-electron chi connectivity index (χ2n) is 4.22. The number of fused-ring (bicyclic) bond motifs is 1. The van der Waals surface area contributed by atoms with E-state index in [-0.39, 0.29) is 0 Å². The summed E-state index contributed by atoms with van der Waals surface area (Å²) in [6, 6.07) is 5.34. The Hall–Kier alpha value is -2.68. The van der Waals surface area contributed by atoms with Crippen molar-refractivity contribution in [1.29, 1.82) is 0 Å². The molecule has 0 saturated carbocycles. The molecule has 0 fully saturated rings. The van der Waals surface area contributed by atoms with Crippen molar-refractivity contribution in [2.45, 2.75) is 0 Å². The maximum absolute atomic E-state index is 13.3. The molecule has 9 heteroatoms. The van der Waals surface area contributed by atoms with E-state index in [2.05, 4.69) is 25.5 Å². The van der Waals surface area contributed by atoms with E-state index in [1.165, 1.54) is 21.9 Å². The first-order chi connectivity index (χ1) is 10.2. The van der Waals surface area contributed by atoms with Crippen LogP contribution in [0.3, 0.4) is 0 Å². The molecule has 1 aromatic carbocycles. The van der Waals surface area contributed by atoms with Gasteiger partial charge in [0.15, 0.2) is 22.5 Å². The number of nitrogens with zero attached hydrogens (tertiary/aromatic N) is 5. The van der Waals surface area contributed by atoms with E-state index in [0.29, 0.717) is 21.4 Å². The first-order valence-corrected chi connectivity index (χ1v) is 6.71. The highest BCUT2D eigenvalue weighted by Crippen LogP contribution is 2.27. The van der Waals surface area contributed by atoms with Crippen LogP contribution in [0.5, 0.6) is 0 Å². The van der Waals surface area contributed by atoms with Gasteiger partial charge in [0.1, 0.15) is 0 Å². The molecule has 0 bridgehead atoms. The Labute approximate surface area is 120 Å². The Kier molecular flexibility index (Phi) is 2.54. The second kappa shape index (κ2) is 4.42. The first kappa shape index (κ1) is 12.1. The molecule has 0 aliphatic heterocycles. The highest BCUT2D eigenvalue weighted by molar-refractivity contribution is 7.19. The van der Waals surface area contributed by atoms with Gasteiger partial charge in [0.25, 0.3) is 0 Å². The fourth-order valence-electron chi connectivity index (χ4n) is 1.92. The van der Waals surface area contributed by atoms with Crippen LogP contribution in [0.1, 0.15) is 0 Å². The van der Waals surface area contributed by atoms with E-state index in [0.717, 1.165) is 17.8 Å². The minimum absolute atomic E-state index is 0.353. The molecule has 0 radical (unpaired) electrons. The van der Waals surface area contributed by atoms with Gasteiger partial charge in [-0.1, -0.05) is 11.3 Å². The van der Waals surface area contributed by atoms with E-state index in [9.17, 15) is 8.78 Å². The molecule has 0 aliphatic rings. The van der Waals surface area contributed by atoms with Gasteiger partial charge in [0.05, 0.1) is 5.69 Å². The highest BCUT2D eigenvalue weighted by Gasteiger charge is 2.16. The monoisotopic (exact) mass is 304 g/mol. The molecule has 0 saturated heterocycles. The van der Waals surface area contributed by atoms with E-state index in [1.54, 1.807) is 12.3 Å². The van der Waals surface area contributed by atoms with Crippen molar-refractivity contribution in [3.05, 3.63) is 42.1 Å². The van der Waals surface area contributed by atoms with Crippen molar-refractivity contribution >= 4 is 16.3 Å². The number of benzene rings is 1. The summed E-state index contributed by atoms with van der Waals surface area (Å²) in [5.74, 6) is -1.49. The van der Waals surface area contributed by atoms with Crippen LogP contribution in [-0.4, -0.2) is 30.0 Å². The zero-order chi connectivity index (χ0) is 14.4. The topological polar surface area (TPSA) is 71.8 Å². The summed E-state index contributed by atoms with van der Waals surface area (Å²) in [4.78, 5) is 0.555. The van der Waals surface area contributed by atoms with Gasteiger partial charge >= 0.3 is 0 Å². The summed E-state index contributed by atoms with van der Waals surface area (Å²) in [6.45, 7) is 0. The summed E-state index contributed by atoms with van der Waals surface area (Å²) in [5.41, 5.74) is 1.16. The van der Waals surface area contributed by atoms with Gasteiger partial charge in [-0.05, 0) is 24.3 Å². The Bertz CT molecular complexity index is 927. The normalized spacial score (nSPS) is 11.3. The van der Waals surface area contributed by atoms with Crippen LogP contribution in [0.15, 0.2) is 30.5 Å². The number of aromatic amines is 1. The Morgan fingerprint density at radius 2 is 2.00 bits per heavy atom. The molecule has 1 N–H and O–H groups in total. The number of H-pyrrole nitrogens is 1. The van der Waals surface area contributed by atoms with E-state index in [4.69, 9.17) is 0 Å². The molecule has 4 aromatic rings. The summed E-state index contributed by atoms with van der Waals surface area (Å²) in [5, 5.41) is 19.7. The Morgan fingerprint density at radius 3 is 2.76 bits per heavy atom. The number of rotatable bonds is 2. The van der Waals surface area contributed by atoms with Crippen LogP contribution >= 0.6 is 11.3 Å². The molecule has 21 heavy (non-hydrogen) atoms. The summed E-state index contributed by atoms with van der Waals surface area (Å²) >= 11 is 1.32. The number of aromatic nitrogens is 6. The molecular weight excluding hydrogens is 298 g/mol. The number of hydrogen-bond donors (Lipinski definition) is 1. The lowest BCUT2D eigenvalue weighted by Crippen LogP contribution is -1.93. The van der Waals surface area contributed by atoms with Crippen LogP contribution in [0.2, 0.25) is 0 Å². The van der Waals surface area contributed by atoms with Crippen molar-refractivity contribution in [3.8, 4) is 22.1 Å². The third-order valence-corrected chi connectivity index (χ3v) is 3.83. The SMILES string of the molecule is Fc1ccc(-c2nnc3sc(-c4ccn[nH]4)nn23)cc1F. The predicted molar refractivity (Wildman–Crippen MR) is 71.6 cm³/mol. The maximum atomic E-state index is 13.3. The lowest BCUT2D eigenvalue weighted by atomic mass is 10.2. The van der Waals surface area contributed by atoms with Crippen molar-refractivity contribution in [2.75, 3.05) is 0 Å².